The SMILES string of the molecule is c1ccc(-c2ccc(-c3nc(-c4cccc(-c5cccc6c5c5ccccc5n6-c5cccc(-c6ccccc6)c5)c4)nc4sc5ccccc5c34)cc2)cc1. The van der Waals surface area contributed by atoms with Crippen LogP contribution in [0.25, 0.3) is 104 Å². The van der Waals surface area contributed by atoms with E-state index in [2.05, 4.69) is 205 Å². The number of nitrogens with zero attached hydrogens (tertiary/aromatic N) is 3. The number of para-hydroxylation sites is 1. The number of fused-ring (bicyclic) bond motifs is 6. The van der Waals surface area contributed by atoms with Crippen LogP contribution in [-0.4, -0.2) is 14.5 Å². The Kier molecular flexibility index (Phi) is 7.68. The monoisotopic (exact) mass is 731 g/mol. The number of aromatic nitrogens is 3. The lowest BCUT2D eigenvalue weighted by molar-refractivity contribution is 1.18. The molecule has 0 N–H and O–H groups in total. The van der Waals surface area contributed by atoms with Crippen LogP contribution in [0.4, 0.5) is 0 Å². The van der Waals surface area contributed by atoms with Crippen LogP contribution in [0.2, 0.25) is 0 Å². The number of thiophene rings is 1. The minimum atomic E-state index is 0.723. The topological polar surface area (TPSA) is 30.7 Å². The zero-order valence-electron chi connectivity index (χ0n) is 30.3. The molecule has 11 rings (SSSR count). The van der Waals surface area contributed by atoms with Gasteiger partial charge in [-0.3, -0.25) is 0 Å². The molecule has 3 nitrogen and oxygen atoms in total. The summed E-state index contributed by atoms with van der Waals surface area (Å²) in [7, 11) is 0. The Labute approximate surface area is 328 Å². The summed E-state index contributed by atoms with van der Waals surface area (Å²) < 4.78 is 3.61. The van der Waals surface area contributed by atoms with E-state index in [0.717, 1.165) is 44.1 Å². The van der Waals surface area contributed by atoms with E-state index in [-0.39, 0.29) is 0 Å². The van der Waals surface area contributed by atoms with Gasteiger partial charge in [0, 0.05) is 43.1 Å². The molecule has 262 valence electrons. The number of hydrogen-bond donors (Lipinski definition) is 0. The van der Waals surface area contributed by atoms with E-state index in [1.165, 1.54) is 59.7 Å². The first-order chi connectivity index (χ1) is 27.8. The second kappa shape index (κ2) is 13.3. The van der Waals surface area contributed by atoms with E-state index in [4.69, 9.17) is 9.97 Å². The third kappa shape index (κ3) is 5.42. The molecule has 0 radical (unpaired) electrons. The largest absolute Gasteiger partial charge is 0.309 e. The molecule has 0 fully saturated rings. The highest BCUT2D eigenvalue weighted by atomic mass is 32.1. The second-order valence-corrected chi connectivity index (χ2v) is 15.2. The van der Waals surface area contributed by atoms with Crippen LogP contribution >= 0.6 is 11.3 Å². The van der Waals surface area contributed by atoms with Gasteiger partial charge in [-0.25, -0.2) is 9.97 Å². The highest BCUT2D eigenvalue weighted by molar-refractivity contribution is 7.25. The highest BCUT2D eigenvalue weighted by Gasteiger charge is 2.19. The average Bonchev–Trinajstić information content (AvgIpc) is 3.83. The summed E-state index contributed by atoms with van der Waals surface area (Å²) >= 11 is 1.73. The molecule has 8 aromatic carbocycles. The molecular weight excluding hydrogens is 699 g/mol. The minimum Gasteiger partial charge on any atom is -0.309 e. The molecule has 0 bridgehead atoms. The second-order valence-electron chi connectivity index (χ2n) is 14.2. The molecule has 3 aromatic heterocycles. The van der Waals surface area contributed by atoms with Crippen molar-refractivity contribution in [2.45, 2.75) is 0 Å². The van der Waals surface area contributed by atoms with Crippen molar-refractivity contribution in [3.05, 3.63) is 200 Å². The standard InChI is InChI=1S/C52H33N3S/c1-3-14-34(15-4-1)36-28-30-37(31-29-36)50-49-44-23-8-10-27-47(44)56-52(49)54-51(53-50)40-20-11-19-39(32-40)42-24-13-26-46-48(42)43-22-7-9-25-45(43)55(46)41-21-12-18-38(33-41)35-16-5-2-6-17-35/h1-33H. The summed E-state index contributed by atoms with van der Waals surface area (Å²) in [5.41, 5.74) is 13.6. The van der Waals surface area contributed by atoms with Gasteiger partial charge >= 0.3 is 0 Å². The van der Waals surface area contributed by atoms with Gasteiger partial charge in [-0.15, -0.1) is 11.3 Å². The van der Waals surface area contributed by atoms with Crippen molar-refractivity contribution in [2.24, 2.45) is 0 Å². The van der Waals surface area contributed by atoms with E-state index in [1.54, 1.807) is 11.3 Å². The molecule has 0 aliphatic rings. The summed E-state index contributed by atoms with van der Waals surface area (Å²) in [4.78, 5) is 11.6. The van der Waals surface area contributed by atoms with Crippen LogP contribution < -0.4 is 0 Å². The lowest BCUT2D eigenvalue weighted by Gasteiger charge is -2.12. The van der Waals surface area contributed by atoms with Gasteiger partial charge in [0.2, 0.25) is 0 Å². The van der Waals surface area contributed by atoms with Gasteiger partial charge in [-0.05, 0) is 69.8 Å². The molecule has 3 heterocycles. The van der Waals surface area contributed by atoms with Crippen molar-refractivity contribution in [1.29, 1.82) is 0 Å². The summed E-state index contributed by atoms with van der Waals surface area (Å²) in [5, 5.41) is 4.74. The first kappa shape index (κ1) is 32.3. The zero-order valence-corrected chi connectivity index (χ0v) is 31.1. The Morgan fingerprint density at radius 1 is 0.375 bits per heavy atom. The lowest BCUT2D eigenvalue weighted by atomic mass is 9.97. The van der Waals surface area contributed by atoms with Crippen LogP contribution in [0.3, 0.4) is 0 Å². The molecule has 0 amide bonds. The van der Waals surface area contributed by atoms with Gasteiger partial charge < -0.3 is 4.57 Å². The van der Waals surface area contributed by atoms with E-state index in [1.807, 2.05) is 0 Å². The Morgan fingerprint density at radius 2 is 0.964 bits per heavy atom. The van der Waals surface area contributed by atoms with Crippen molar-refractivity contribution >= 4 is 53.4 Å². The van der Waals surface area contributed by atoms with E-state index >= 15 is 0 Å². The molecule has 11 aromatic rings. The van der Waals surface area contributed by atoms with Crippen LogP contribution in [-0.2, 0) is 0 Å². The maximum absolute atomic E-state index is 5.38. The van der Waals surface area contributed by atoms with E-state index in [0.29, 0.717) is 0 Å². The Morgan fingerprint density at radius 3 is 1.79 bits per heavy atom. The van der Waals surface area contributed by atoms with Gasteiger partial charge in [0.05, 0.1) is 16.7 Å². The number of benzene rings is 8. The third-order valence-corrected chi connectivity index (χ3v) is 11.9. The summed E-state index contributed by atoms with van der Waals surface area (Å²) in [6.45, 7) is 0. The van der Waals surface area contributed by atoms with Gasteiger partial charge in [0.1, 0.15) is 4.83 Å². The Hall–Kier alpha value is -7.14. The van der Waals surface area contributed by atoms with Crippen LogP contribution in [0.1, 0.15) is 0 Å². The lowest BCUT2D eigenvalue weighted by Crippen LogP contribution is -1.95. The van der Waals surface area contributed by atoms with Gasteiger partial charge in [-0.2, -0.15) is 0 Å². The molecule has 56 heavy (non-hydrogen) atoms. The van der Waals surface area contributed by atoms with Crippen molar-refractivity contribution in [3.8, 4) is 61.7 Å². The third-order valence-electron chi connectivity index (χ3n) is 10.8. The predicted molar refractivity (Wildman–Crippen MR) is 236 cm³/mol. The Bertz CT molecular complexity index is 3230. The first-order valence-corrected chi connectivity index (χ1v) is 19.7. The number of rotatable bonds is 6. The maximum Gasteiger partial charge on any atom is 0.161 e. The molecule has 0 aliphatic carbocycles. The van der Waals surface area contributed by atoms with Gasteiger partial charge in [0.25, 0.3) is 0 Å². The van der Waals surface area contributed by atoms with Crippen molar-refractivity contribution in [1.82, 2.24) is 14.5 Å². The predicted octanol–water partition coefficient (Wildman–Crippen LogP) is 14.3. The molecule has 0 saturated carbocycles. The maximum atomic E-state index is 5.38. The molecule has 0 unspecified atom stereocenters. The van der Waals surface area contributed by atoms with Crippen molar-refractivity contribution < 1.29 is 0 Å². The molecule has 0 spiro atoms. The van der Waals surface area contributed by atoms with Crippen LogP contribution in [0, 0.1) is 0 Å². The smallest absolute Gasteiger partial charge is 0.161 e. The zero-order chi connectivity index (χ0) is 37.0. The Balaban J connectivity index is 1.07. The van der Waals surface area contributed by atoms with Crippen LogP contribution in [0.15, 0.2) is 200 Å². The van der Waals surface area contributed by atoms with Crippen LogP contribution in [0.5, 0.6) is 0 Å². The molecular formula is C52H33N3S. The fraction of sp³-hybridized carbons (Fsp3) is 0. The quantitative estimate of drug-likeness (QED) is 0.170. The fourth-order valence-corrected chi connectivity index (χ4v) is 9.31. The molecule has 0 saturated heterocycles. The minimum absolute atomic E-state index is 0.723. The summed E-state index contributed by atoms with van der Waals surface area (Å²) in [6.07, 6.45) is 0. The average molecular weight is 732 g/mol. The first-order valence-electron chi connectivity index (χ1n) is 18.9. The number of hydrogen-bond acceptors (Lipinski definition) is 3. The molecule has 4 heteroatoms. The molecule has 0 aliphatic heterocycles. The fourth-order valence-electron chi connectivity index (χ4n) is 8.23. The summed E-state index contributed by atoms with van der Waals surface area (Å²) in [5.74, 6) is 0.723. The highest BCUT2D eigenvalue weighted by Crippen LogP contribution is 2.42. The van der Waals surface area contributed by atoms with Gasteiger partial charge in [-0.1, -0.05) is 164 Å². The van der Waals surface area contributed by atoms with E-state index < -0.39 is 0 Å². The normalized spacial score (nSPS) is 11.6. The van der Waals surface area contributed by atoms with Crippen molar-refractivity contribution in [3.63, 3.8) is 0 Å². The molecule has 0 atom stereocenters. The summed E-state index contributed by atoms with van der Waals surface area (Å²) in [6, 6.07) is 71.5. The van der Waals surface area contributed by atoms with E-state index in [9.17, 15) is 0 Å². The van der Waals surface area contributed by atoms with Crippen molar-refractivity contribution in [2.75, 3.05) is 0 Å². The van der Waals surface area contributed by atoms with Gasteiger partial charge in [0.15, 0.2) is 5.82 Å².